The van der Waals surface area contributed by atoms with Crippen molar-refractivity contribution in [2.75, 3.05) is 13.2 Å². The van der Waals surface area contributed by atoms with Gasteiger partial charge in [-0.05, 0) is 34.9 Å². The minimum atomic E-state index is -4.98. The van der Waals surface area contributed by atoms with E-state index in [1.165, 1.54) is 12.1 Å². The normalized spacial score (nSPS) is 18.3. The number of halogens is 6. The van der Waals surface area contributed by atoms with Crippen molar-refractivity contribution in [2.45, 2.75) is 31.0 Å². The molecule has 0 aliphatic carbocycles. The highest BCUT2D eigenvalue weighted by atomic mass is 19.4. The van der Waals surface area contributed by atoms with E-state index >= 15 is 0 Å². The summed E-state index contributed by atoms with van der Waals surface area (Å²) in [5.74, 6) is 0.490. The minimum absolute atomic E-state index is 0.0730. The molecule has 2 unspecified atom stereocenters. The molecule has 44 heavy (non-hydrogen) atoms. The molecule has 6 rings (SSSR count). The Kier molecular flexibility index (Phi) is 7.74. The van der Waals surface area contributed by atoms with E-state index in [1.807, 2.05) is 60.7 Å². The maximum absolute atomic E-state index is 13.4. The molecule has 2 aliphatic rings. The predicted octanol–water partition coefficient (Wildman–Crippen LogP) is 7.73. The number of rotatable bonds is 7. The molecule has 0 saturated carbocycles. The largest absolute Gasteiger partial charge is 0.489 e. The summed E-state index contributed by atoms with van der Waals surface area (Å²) in [7, 11) is 0. The SMILES string of the molecule is FC(F)(F)c1cc(COc2cc(C3=NC(c4ccccc4)CO3)nc(C3=NC(c4ccccc4)CO3)c2)cc(C(F)(F)F)c1. The second-order valence-electron chi connectivity index (χ2n) is 10.1. The topological polar surface area (TPSA) is 65.3 Å². The Morgan fingerprint density at radius 1 is 0.636 bits per heavy atom. The Bertz CT molecular complexity index is 1590. The molecule has 0 N–H and O–H groups in total. The van der Waals surface area contributed by atoms with Gasteiger partial charge in [-0.1, -0.05) is 60.7 Å². The lowest BCUT2D eigenvalue weighted by Crippen LogP contribution is -2.13. The number of hydrogen-bond donors (Lipinski definition) is 0. The van der Waals surface area contributed by atoms with E-state index < -0.39 is 30.1 Å². The number of aliphatic imine (C=N–C) groups is 2. The monoisotopic (exact) mass is 611 g/mol. The first-order valence-electron chi connectivity index (χ1n) is 13.5. The van der Waals surface area contributed by atoms with Crippen LogP contribution in [0, 0.1) is 0 Å². The third-order valence-corrected chi connectivity index (χ3v) is 6.96. The number of ether oxygens (including phenoxy) is 3. The number of hydrogen-bond acceptors (Lipinski definition) is 6. The lowest BCUT2D eigenvalue weighted by Gasteiger charge is -2.15. The van der Waals surface area contributed by atoms with Crippen molar-refractivity contribution in [3.05, 3.63) is 130 Å². The van der Waals surface area contributed by atoms with Crippen LogP contribution in [0.4, 0.5) is 26.3 Å². The zero-order valence-corrected chi connectivity index (χ0v) is 22.8. The minimum Gasteiger partial charge on any atom is -0.489 e. The van der Waals surface area contributed by atoms with Gasteiger partial charge in [-0.2, -0.15) is 26.3 Å². The molecule has 3 aromatic carbocycles. The van der Waals surface area contributed by atoms with Crippen molar-refractivity contribution in [3.8, 4) is 5.75 Å². The fourth-order valence-corrected chi connectivity index (χ4v) is 4.80. The van der Waals surface area contributed by atoms with Crippen LogP contribution < -0.4 is 4.74 Å². The van der Waals surface area contributed by atoms with Gasteiger partial charge in [0.15, 0.2) is 0 Å². The van der Waals surface area contributed by atoms with E-state index in [2.05, 4.69) is 15.0 Å². The molecule has 6 nitrogen and oxygen atoms in total. The Hall–Kier alpha value is -4.87. The lowest BCUT2D eigenvalue weighted by molar-refractivity contribution is -0.143. The van der Waals surface area contributed by atoms with E-state index in [4.69, 9.17) is 14.2 Å². The molecule has 0 fully saturated rings. The van der Waals surface area contributed by atoms with Gasteiger partial charge >= 0.3 is 12.4 Å². The Morgan fingerprint density at radius 3 is 1.52 bits per heavy atom. The summed E-state index contributed by atoms with van der Waals surface area (Å²) < 4.78 is 97.8. The highest BCUT2D eigenvalue weighted by molar-refractivity contribution is 5.98. The number of pyridine rings is 1. The summed E-state index contributed by atoms with van der Waals surface area (Å²) in [6.45, 7) is -0.0886. The van der Waals surface area contributed by atoms with Crippen molar-refractivity contribution >= 4 is 11.8 Å². The molecular weight excluding hydrogens is 588 g/mol. The molecule has 1 aromatic heterocycles. The van der Waals surface area contributed by atoms with Crippen LogP contribution in [0.25, 0.3) is 0 Å². The first kappa shape index (κ1) is 29.2. The summed E-state index contributed by atoms with van der Waals surface area (Å²) in [6, 6.07) is 22.6. The van der Waals surface area contributed by atoms with E-state index in [1.54, 1.807) is 0 Å². The average molecular weight is 612 g/mol. The molecule has 12 heteroatoms. The van der Waals surface area contributed by atoms with Crippen LogP contribution in [-0.4, -0.2) is 30.0 Å². The maximum atomic E-state index is 13.4. The predicted molar refractivity (Wildman–Crippen MR) is 148 cm³/mol. The highest BCUT2D eigenvalue weighted by Crippen LogP contribution is 2.37. The second kappa shape index (κ2) is 11.7. The Morgan fingerprint density at radius 2 is 1.09 bits per heavy atom. The molecular formula is C32H23F6N3O3. The van der Waals surface area contributed by atoms with Gasteiger partial charge in [0, 0.05) is 12.1 Å². The van der Waals surface area contributed by atoms with E-state index in [9.17, 15) is 26.3 Å². The number of aromatic nitrogens is 1. The van der Waals surface area contributed by atoms with Gasteiger partial charge in [-0.25, -0.2) is 15.0 Å². The first-order chi connectivity index (χ1) is 21.0. The van der Waals surface area contributed by atoms with Gasteiger partial charge in [0.05, 0.1) is 11.1 Å². The summed E-state index contributed by atoms with van der Waals surface area (Å²) in [5.41, 5.74) is -0.837. The van der Waals surface area contributed by atoms with Gasteiger partial charge in [0.25, 0.3) is 0 Å². The lowest BCUT2D eigenvalue weighted by atomic mass is 10.1. The summed E-state index contributed by atoms with van der Waals surface area (Å²) >= 11 is 0. The average Bonchev–Trinajstić information content (AvgIpc) is 3.71. The molecule has 0 bridgehead atoms. The first-order valence-corrected chi connectivity index (χ1v) is 13.5. The van der Waals surface area contributed by atoms with E-state index in [-0.39, 0.29) is 65.9 Å². The van der Waals surface area contributed by atoms with E-state index in [0.717, 1.165) is 11.1 Å². The van der Waals surface area contributed by atoms with Gasteiger partial charge in [-0.15, -0.1) is 0 Å². The number of benzene rings is 3. The fraction of sp³-hybridized carbons (Fsp3) is 0.219. The zero-order chi connectivity index (χ0) is 30.9. The van der Waals surface area contributed by atoms with Crippen LogP contribution in [-0.2, 0) is 28.4 Å². The van der Waals surface area contributed by atoms with Crippen LogP contribution in [0.5, 0.6) is 5.75 Å². The molecule has 0 saturated heterocycles. The number of nitrogens with zero attached hydrogens (tertiary/aromatic N) is 3. The van der Waals surface area contributed by atoms with Crippen LogP contribution in [0.3, 0.4) is 0 Å². The molecule has 0 amide bonds. The maximum Gasteiger partial charge on any atom is 0.416 e. The van der Waals surface area contributed by atoms with Crippen LogP contribution >= 0.6 is 0 Å². The summed E-state index contributed by atoms with van der Waals surface area (Å²) in [5, 5.41) is 0. The fourth-order valence-electron chi connectivity index (χ4n) is 4.80. The third-order valence-electron chi connectivity index (χ3n) is 6.96. The van der Waals surface area contributed by atoms with Crippen molar-refractivity contribution < 1.29 is 40.6 Å². The van der Waals surface area contributed by atoms with E-state index in [0.29, 0.717) is 12.1 Å². The molecule has 4 aromatic rings. The molecule has 0 spiro atoms. The smallest absolute Gasteiger partial charge is 0.416 e. The molecule has 3 heterocycles. The van der Waals surface area contributed by atoms with Crippen LogP contribution in [0.15, 0.2) is 101 Å². The summed E-state index contributed by atoms with van der Waals surface area (Å²) in [4.78, 5) is 13.9. The van der Waals surface area contributed by atoms with Gasteiger partial charge < -0.3 is 14.2 Å². The Balaban J connectivity index is 1.34. The van der Waals surface area contributed by atoms with Gasteiger partial charge in [-0.3, -0.25) is 0 Å². The quantitative estimate of drug-likeness (QED) is 0.201. The molecule has 226 valence electrons. The van der Waals surface area contributed by atoms with Crippen molar-refractivity contribution in [1.29, 1.82) is 0 Å². The van der Waals surface area contributed by atoms with Gasteiger partial charge in [0.1, 0.15) is 49.0 Å². The number of alkyl halides is 6. The van der Waals surface area contributed by atoms with Crippen molar-refractivity contribution in [3.63, 3.8) is 0 Å². The highest BCUT2D eigenvalue weighted by Gasteiger charge is 2.37. The standard InChI is InChI=1S/C32H23F6N3O3/c33-31(34,35)22-11-19(12-23(13-22)32(36,37)38)16-42-24-14-25(29-40-27(17-43-29)20-7-3-1-4-8-20)39-26(15-24)30-41-28(18-44-30)21-9-5-2-6-10-21/h1-15,27-28H,16-18H2. The molecule has 2 aliphatic heterocycles. The zero-order valence-electron chi connectivity index (χ0n) is 22.8. The second-order valence-corrected chi connectivity index (χ2v) is 10.1. The van der Waals surface area contributed by atoms with Gasteiger partial charge in [0.2, 0.25) is 11.8 Å². The van der Waals surface area contributed by atoms with Crippen LogP contribution in [0.1, 0.15) is 51.3 Å². The third kappa shape index (κ3) is 6.53. The van der Waals surface area contributed by atoms with Crippen molar-refractivity contribution in [1.82, 2.24) is 4.98 Å². The Labute approximate surface area is 247 Å². The molecule has 2 atom stereocenters. The van der Waals surface area contributed by atoms with Crippen molar-refractivity contribution in [2.24, 2.45) is 9.98 Å². The summed E-state index contributed by atoms with van der Waals surface area (Å²) in [6.07, 6.45) is -9.96. The molecule has 0 radical (unpaired) electrons. The van der Waals surface area contributed by atoms with Crippen LogP contribution in [0.2, 0.25) is 0 Å².